The van der Waals surface area contributed by atoms with E-state index in [1.165, 1.54) is 7.11 Å². The molecule has 2 heterocycles. The van der Waals surface area contributed by atoms with Gasteiger partial charge in [-0.05, 0) is 24.3 Å². The molecule has 25 heavy (non-hydrogen) atoms. The zero-order chi connectivity index (χ0) is 17.6. The van der Waals surface area contributed by atoms with E-state index < -0.39 is 11.9 Å². The smallest absolute Gasteiger partial charge is 0.339 e. The van der Waals surface area contributed by atoms with Crippen molar-refractivity contribution in [2.24, 2.45) is 0 Å². The van der Waals surface area contributed by atoms with Crippen LogP contribution in [0.5, 0.6) is 0 Å². The molecule has 1 N–H and O–H groups in total. The van der Waals surface area contributed by atoms with Crippen molar-refractivity contribution in [3.63, 3.8) is 0 Å². The van der Waals surface area contributed by atoms with Crippen LogP contribution in [0.15, 0.2) is 36.4 Å². The number of para-hydroxylation sites is 1. The SMILES string of the molecule is COC(=O)c1ccccc1NC(=O)c1ccc(N2CCOCC2)nn1. The van der Waals surface area contributed by atoms with Crippen LogP contribution in [0.1, 0.15) is 20.8 Å². The molecular formula is C17H18N4O4. The van der Waals surface area contributed by atoms with Crippen molar-refractivity contribution in [3.8, 4) is 0 Å². The summed E-state index contributed by atoms with van der Waals surface area (Å²) in [6.07, 6.45) is 0. The number of aromatic nitrogens is 2. The first-order chi connectivity index (χ1) is 12.2. The van der Waals surface area contributed by atoms with Crippen LogP contribution >= 0.6 is 0 Å². The molecule has 8 nitrogen and oxygen atoms in total. The van der Waals surface area contributed by atoms with Gasteiger partial charge < -0.3 is 19.7 Å². The zero-order valence-electron chi connectivity index (χ0n) is 13.8. The molecule has 3 rings (SSSR count). The predicted molar refractivity (Wildman–Crippen MR) is 90.8 cm³/mol. The number of amides is 1. The van der Waals surface area contributed by atoms with E-state index in [1.54, 1.807) is 36.4 Å². The van der Waals surface area contributed by atoms with Gasteiger partial charge >= 0.3 is 5.97 Å². The largest absolute Gasteiger partial charge is 0.465 e. The summed E-state index contributed by atoms with van der Waals surface area (Å²) in [6, 6.07) is 9.97. The van der Waals surface area contributed by atoms with E-state index in [-0.39, 0.29) is 11.3 Å². The van der Waals surface area contributed by atoms with Crippen molar-refractivity contribution in [1.29, 1.82) is 0 Å². The lowest BCUT2D eigenvalue weighted by atomic mass is 10.1. The summed E-state index contributed by atoms with van der Waals surface area (Å²) in [6.45, 7) is 2.78. The molecule has 0 bridgehead atoms. The monoisotopic (exact) mass is 342 g/mol. The second-order valence-corrected chi connectivity index (χ2v) is 5.37. The van der Waals surface area contributed by atoms with Crippen LogP contribution in [0.3, 0.4) is 0 Å². The summed E-state index contributed by atoms with van der Waals surface area (Å²) in [4.78, 5) is 26.2. The number of esters is 1. The van der Waals surface area contributed by atoms with E-state index in [4.69, 9.17) is 9.47 Å². The van der Waals surface area contributed by atoms with Gasteiger partial charge in [0.15, 0.2) is 11.5 Å². The Balaban J connectivity index is 1.72. The first-order valence-electron chi connectivity index (χ1n) is 7.84. The van der Waals surface area contributed by atoms with E-state index in [2.05, 4.69) is 15.5 Å². The van der Waals surface area contributed by atoms with Gasteiger partial charge in [0.05, 0.1) is 31.6 Å². The van der Waals surface area contributed by atoms with Crippen LogP contribution in [0.25, 0.3) is 0 Å². The van der Waals surface area contributed by atoms with Crippen molar-refractivity contribution in [3.05, 3.63) is 47.7 Å². The van der Waals surface area contributed by atoms with Crippen LogP contribution in [0, 0.1) is 0 Å². The summed E-state index contributed by atoms with van der Waals surface area (Å²) >= 11 is 0. The molecule has 8 heteroatoms. The molecule has 1 amide bonds. The number of nitrogens with zero attached hydrogens (tertiary/aromatic N) is 3. The number of benzene rings is 1. The molecule has 1 aromatic heterocycles. The number of anilines is 2. The average molecular weight is 342 g/mol. The van der Waals surface area contributed by atoms with Gasteiger partial charge in [-0.3, -0.25) is 4.79 Å². The van der Waals surface area contributed by atoms with Gasteiger partial charge in [-0.1, -0.05) is 12.1 Å². The maximum Gasteiger partial charge on any atom is 0.339 e. The van der Waals surface area contributed by atoms with Crippen LogP contribution < -0.4 is 10.2 Å². The summed E-state index contributed by atoms with van der Waals surface area (Å²) in [5.41, 5.74) is 0.798. The molecule has 1 fully saturated rings. The number of methoxy groups -OCH3 is 1. The molecule has 2 aromatic rings. The van der Waals surface area contributed by atoms with E-state index in [0.717, 1.165) is 13.1 Å². The highest BCUT2D eigenvalue weighted by Crippen LogP contribution is 2.17. The maximum atomic E-state index is 12.4. The molecule has 1 saturated heterocycles. The van der Waals surface area contributed by atoms with Crippen LogP contribution in [-0.4, -0.2) is 55.5 Å². The molecule has 1 aromatic carbocycles. The Morgan fingerprint density at radius 1 is 1.12 bits per heavy atom. The lowest BCUT2D eigenvalue weighted by molar-refractivity contribution is 0.0602. The predicted octanol–water partition coefficient (Wildman–Crippen LogP) is 1.35. The number of ether oxygens (including phenoxy) is 2. The topological polar surface area (TPSA) is 93.7 Å². The number of morpholine rings is 1. The number of nitrogens with one attached hydrogen (secondary N) is 1. The fourth-order valence-electron chi connectivity index (χ4n) is 2.47. The summed E-state index contributed by atoms with van der Waals surface area (Å²) in [5.74, 6) is -0.267. The Kier molecular flexibility index (Phi) is 5.20. The first kappa shape index (κ1) is 16.8. The standard InChI is InChI=1S/C17H18N4O4/c1-24-17(23)12-4-2-3-5-13(12)18-16(22)14-6-7-15(20-19-14)21-8-10-25-11-9-21/h2-7H,8-11H2,1H3,(H,18,22). The van der Waals surface area contributed by atoms with Crippen molar-refractivity contribution < 1.29 is 19.1 Å². The molecule has 0 atom stereocenters. The minimum atomic E-state index is -0.523. The molecular weight excluding hydrogens is 324 g/mol. The summed E-state index contributed by atoms with van der Waals surface area (Å²) < 4.78 is 10.0. The quantitative estimate of drug-likeness (QED) is 0.838. The highest BCUT2D eigenvalue weighted by molar-refractivity contribution is 6.07. The second-order valence-electron chi connectivity index (χ2n) is 5.37. The van der Waals surface area contributed by atoms with Gasteiger partial charge in [-0.25, -0.2) is 4.79 Å². The van der Waals surface area contributed by atoms with E-state index in [0.29, 0.717) is 24.7 Å². The Morgan fingerprint density at radius 3 is 2.56 bits per heavy atom. The van der Waals surface area contributed by atoms with Crippen molar-refractivity contribution in [2.45, 2.75) is 0 Å². The van der Waals surface area contributed by atoms with Crippen molar-refractivity contribution in [1.82, 2.24) is 10.2 Å². The Bertz CT molecular complexity index is 757. The van der Waals surface area contributed by atoms with Gasteiger partial charge in [0, 0.05) is 13.1 Å². The minimum Gasteiger partial charge on any atom is -0.465 e. The Morgan fingerprint density at radius 2 is 1.88 bits per heavy atom. The fourth-order valence-corrected chi connectivity index (χ4v) is 2.47. The normalized spacial score (nSPS) is 14.0. The molecule has 1 aliphatic rings. The van der Waals surface area contributed by atoms with Gasteiger partial charge in [-0.2, -0.15) is 0 Å². The van der Waals surface area contributed by atoms with E-state index in [1.807, 2.05) is 4.90 Å². The average Bonchev–Trinajstić information content (AvgIpc) is 2.68. The first-order valence-corrected chi connectivity index (χ1v) is 7.84. The molecule has 0 radical (unpaired) electrons. The zero-order valence-corrected chi connectivity index (χ0v) is 13.8. The Hall–Kier alpha value is -3.00. The number of carbonyl (C=O) groups excluding carboxylic acids is 2. The van der Waals surface area contributed by atoms with Gasteiger partial charge in [-0.15, -0.1) is 10.2 Å². The van der Waals surface area contributed by atoms with Crippen molar-refractivity contribution in [2.75, 3.05) is 43.6 Å². The molecule has 0 aliphatic carbocycles. The fraction of sp³-hybridized carbons (Fsp3) is 0.294. The van der Waals surface area contributed by atoms with Crippen LogP contribution in [-0.2, 0) is 9.47 Å². The van der Waals surface area contributed by atoms with Gasteiger partial charge in [0.2, 0.25) is 0 Å². The molecule has 0 unspecified atom stereocenters. The molecule has 1 aliphatic heterocycles. The van der Waals surface area contributed by atoms with E-state index >= 15 is 0 Å². The van der Waals surface area contributed by atoms with Crippen LogP contribution in [0.2, 0.25) is 0 Å². The van der Waals surface area contributed by atoms with E-state index in [9.17, 15) is 9.59 Å². The molecule has 130 valence electrons. The number of hydrogen-bond acceptors (Lipinski definition) is 7. The number of carbonyl (C=O) groups is 2. The third kappa shape index (κ3) is 3.92. The number of rotatable bonds is 4. The molecule has 0 spiro atoms. The van der Waals surface area contributed by atoms with Gasteiger partial charge in [0.1, 0.15) is 0 Å². The highest BCUT2D eigenvalue weighted by atomic mass is 16.5. The third-order valence-electron chi connectivity index (χ3n) is 3.80. The molecule has 0 saturated carbocycles. The summed E-state index contributed by atoms with van der Waals surface area (Å²) in [7, 11) is 1.29. The maximum absolute atomic E-state index is 12.4. The Labute approximate surface area is 144 Å². The number of hydrogen-bond donors (Lipinski definition) is 1. The summed E-state index contributed by atoms with van der Waals surface area (Å²) in [5, 5.41) is 10.8. The lowest BCUT2D eigenvalue weighted by Gasteiger charge is -2.27. The second kappa shape index (κ2) is 7.71. The lowest BCUT2D eigenvalue weighted by Crippen LogP contribution is -2.37. The third-order valence-corrected chi connectivity index (χ3v) is 3.80. The van der Waals surface area contributed by atoms with Crippen molar-refractivity contribution >= 4 is 23.4 Å². The van der Waals surface area contributed by atoms with Crippen LogP contribution in [0.4, 0.5) is 11.5 Å². The minimum absolute atomic E-state index is 0.164. The van der Waals surface area contributed by atoms with Gasteiger partial charge in [0.25, 0.3) is 5.91 Å². The highest BCUT2D eigenvalue weighted by Gasteiger charge is 2.17.